The molecular weight excluding hydrogens is 461 g/mol. The average Bonchev–Trinajstić information content (AvgIpc) is 3.09. The van der Waals surface area contributed by atoms with Gasteiger partial charge in [-0.3, -0.25) is 4.90 Å². The molecule has 2 aromatic rings. The van der Waals surface area contributed by atoms with Gasteiger partial charge in [0.15, 0.2) is 0 Å². The molecule has 0 aliphatic carbocycles. The molecule has 0 radical (unpaired) electrons. The van der Waals surface area contributed by atoms with E-state index in [0.717, 1.165) is 4.57 Å². The molecular formula is C16H12F9N7. The molecule has 1 N–H and O–H groups in total. The van der Waals surface area contributed by atoms with Crippen molar-refractivity contribution in [1.82, 2.24) is 24.6 Å². The van der Waals surface area contributed by atoms with Crippen molar-refractivity contribution in [3.63, 3.8) is 0 Å². The second-order valence-electron chi connectivity index (χ2n) is 6.68. The zero-order valence-corrected chi connectivity index (χ0v) is 15.7. The smallest absolute Gasteiger partial charge is 0.368 e. The highest BCUT2D eigenvalue weighted by molar-refractivity contribution is 5.58. The van der Waals surface area contributed by atoms with Gasteiger partial charge in [0.2, 0.25) is 5.82 Å². The molecule has 0 fully saturated rings. The summed E-state index contributed by atoms with van der Waals surface area (Å²) in [6.45, 7) is -0.302. The molecule has 0 bridgehead atoms. The predicted molar refractivity (Wildman–Crippen MR) is 87.7 cm³/mol. The van der Waals surface area contributed by atoms with Gasteiger partial charge in [0.05, 0.1) is 12.1 Å². The summed E-state index contributed by atoms with van der Waals surface area (Å²) in [5, 5.41) is 17.9. The van der Waals surface area contributed by atoms with E-state index < -0.39 is 47.0 Å². The van der Waals surface area contributed by atoms with Crippen LogP contribution in [0.4, 0.5) is 45.3 Å². The van der Waals surface area contributed by atoms with Crippen LogP contribution < -0.4 is 5.32 Å². The van der Waals surface area contributed by atoms with Crippen molar-refractivity contribution in [1.29, 1.82) is 5.26 Å². The minimum absolute atomic E-state index is 0.0119. The Morgan fingerprint density at radius 1 is 0.969 bits per heavy atom. The third-order valence-corrected chi connectivity index (χ3v) is 4.53. The van der Waals surface area contributed by atoms with Crippen LogP contribution in [0.15, 0.2) is 6.07 Å². The largest absolute Gasteiger partial charge is 0.451 e. The minimum atomic E-state index is -5.22. The Morgan fingerprint density at radius 2 is 1.66 bits per heavy atom. The van der Waals surface area contributed by atoms with Crippen LogP contribution in [0.2, 0.25) is 0 Å². The molecule has 3 rings (SSSR count). The van der Waals surface area contributed by atoms with Crippen molar-refractivity contribution >= 4 is 5.82 Å². The lowest BCUT2D eigenvalue weighted by Gasteiger charge is -2.28. The van der Waals surface area contributed by atoms with E-state index in [4.69, 9.17) is 5.26 Å². The summed E-state index contributed by atoms with van der Waals surface area (Å²) in [7, 11) is 0. The van der Waals surface area contributed by atoms with Crippen LogP contribution in [0.3, 0.4) is 0 Å². The molecule has 2 aromatic heterocycles. The maximum absolute atomic E-state index is 13.1. The van der Waals surface area contributed by atoms with Gasteiger partial charge in [-0.15, -0.1) is 10.2 Å². The van der Waals surface area contributed by atoms with Crippen LogP contribution in [0.5, 0.6) is 0 Å². The molecule has 0 spiro atoms. The predicted octanol–water partition coefficient (Wildman–Crippen LogP) is 3.53. The maximum atomic E-state index is 13.1. The number of nitrogens with one attached hydrogen (secondary N) is 1. The summed E-state index contributed by atoms with van der Waals surface area (Å²) in [6, 6.07) is 0.977. The molecule has 16 heteroatoms. The van der Waals surface area contributed by atoms with Crippen LogP contribution >= 0.6 is 0 Å². The fourth-order valence-electron chi connectivity index (χ4n) is 3.10. The molecule has 7 nitrogen and oxygen atoms in total. The van der Waals surface area contributed by atoms with E-state index in [2.05, 4.69) is 20.5 Å². The first-order chi connectivity index (χ1) is 14.7. The second-order valence-corrected chi connectivity index (χ2v) is 6.68. The van der Waals surface area contributed by atoms with Gasteiger partial charge in [0, 0.05) is 26.2 Å². The molecule has 3 heterocycles. The highest BCUT2D eigenvalue weighted by Crippen LogP contribution is 2.38. The van der Waals surface area contributed by atoms with Crippen LogP contribution in [-0.4, -0.2) is 44.3 Å². The Morgan fingerprint density at radius 3 is 2.22 bits per heavy atom. The molecule has 0 saturated heterocycles. The number of fused-ring (bicyclic) bond motifs is 1. The van der Waals surface area contributed by atoms with E-state index in [1.165, 1.54) is 6.07 Å². The van der Waals surface area contributed by atoms with E-state index in [1.54, 1.807) is 4.90 Å². The number of nitriles is 1. The van der Waals surface area contributed by atoms with E-state index in [9.17, 15) is 39.5 Å². The summed E-state index contributed by atoms with van der Waals surface area (Å²) in [5.41, 5.74) is -4.70. The lowest BCUT2D eigenvalue weighted by molar-refractivity contribution is -0.148. The summed E-state index contributed by atoms with van der Waals surface area (Å²) in [5.74, 6) is -2.04. The zero-order valence-electron chi connectivity index (χ0n) is 15.7. The third-order valence-electron chi connectivity index (χ3n) is 4.53. The van der Waals surface area contributed by atoms with Gasteiger partial charge >= 0.3 is 18.5 Å². The van der Waals surface area contributed by atoms with Gasteiger partial charge in [-0.05, 0) is 6.07 Å². The first-order valence-electron chi connectivity index (χ1n) is 8.77. The van der Waals surface area contributed by atoms with Crippen molar-refractivity contribution in [2.75, 3.05) is 25.0 Å². The molecule has 0 amide bonds. The van der Waals surface area contributed by atoms with Crippen LogP contribution in [0.25, 0.3) is 0 Å². The Bertz CT molecular complexity index is 1030. The highest BCUT2D eigenvalue weighted by Gasteiger charge is 2.41. The van der Waals surface area contributed by atoms with Crippen molar-refractivity contribution in [2.24, 2.45) is 0 Å². The second kappa shape index (κ2) is 8.11. The monoisotopic (exact) mass is 473 g/mol. The Labute approximate surface area is 173 Å². The summed E-state index contributed by atoms with van der Waals surface area (Å²) in [6.07, 6.45) is -15.1. The number of anilines is 1. The van der Waals surface area contributed by atoms with Crippen LogP contribution in [0.1, 0.15) is 28.5 Å². The molecule has 0 aromatic carbocycles. The van der Waals surface area contributed by atoms with Gasteiger partial charge in [-0.2, -0.15) is 44.8 Å². The van der Waals surface area contributed by atoms with Crippen molar-refractivity contribution in [3.8, 4) is 6.07 Å². The SMILES string of the molecule is N#Cc1c(C(F)(F)F)cc(C(F)(F)F)nc1NCCN1CCn2c(nnc2C(F)(F)F)C1. The van der Waals surface area contributed by atoms with Gasteiger partial charge < -0.3 is 9.88 Å². The van der Waals surface area contributed by atoms with Crippen LogP contribution in [0, 0.1) is 11.3 Å². The molecule has 1 aliphatic rings. The maximum Gasteiger partial charge on any atom is 0.451 e. The molecule has 0 atom stereocenters. The standard InChI is InChI=1S/C16H12F9N7/c17-14(18,19)9-5-10(15(20,21)22)28-12(8(9)6-26)27-1-2-31-3-4-32-11(7-31)29-30-13(32)16(23,24)25/h5H,1-4,7H2,(H,27,28). The minimum Gasteiger partial charge on any atom is -0.368 e. The number of hydrogen-bond acceptors (Lipinski definition) is 6. The third kappa shape index (κ3) is 4.87. The molecule has 1 aliphatic heterocycles. The lowest BCUT2D eigenvalue weighted by atomic mass is 10.1. The fraction of sp³-hybridized carbons (Fsp3) is 0.500. The Kier molecular flexibility index (Phi) is 5.98. The normalized spacial score (nSPS) is 15.4. The number of nitrogens with zero attached hydrogens (tertiary/aromatic N) is 6. The number of rotatable bonds is 4. The number of aromatic nitrogens is 4. The topological polar surface area (TPSA) is 82.7 Å². The van der Waals surface area contributed by atoms with E-state index in [0.29, 0.717) is 0 Å². The van der Waals surface area contributed by atoms with E-state index in [-0.39, 0.29) is 44.6 Å². The number of pyridine rings is 1. The summed E-state index contributed by atoms with van der Waals surface area (Å²) >= 11 is 0. The summed E-state index contributed by atoms with van der Waals surface area (Å²) < 4.78 is 118. The van der Waals surface area contributed by atoms with E-state index >= 15 is 0 Å². The van der Waals surface area contributed by atoms with Gasteiger partial charge in [0.25, 0.3) is 0 Å². The Balaban J connectivity index is 1.75. The molecule has 174 valence electrons. The number of alkyl halides is 9. The quantitative estimate of drug-likeness (QED) is 0.685. The number of halogens is 9. The van der Waals surface area contributed by atoms with Gasteiger partial charge in [-0.25, -0.2) is 4.98 Å². The van der Waals surface area contributed by atoms with Crippen LogP contribution in [-0.2, 0) is 31.6 Å². The lowest BCUT2D eigenvalue weighted by Crippen LogP contribution is -2.38. The number of hydrogen-bond donors (Lipinski definition) is 1. The first kappa shape index (κ1) is 23.6. The van der Waals surface area contributed by atoms with Gasteiger partial charge in [-0.1, -0.05) is 0 Å². The van der Waals surface area contributed by atoms with Crippen molar-refractivity contribution in [2.45, 2.75) is 31.6 Å². The zero-order chi connectivity index (χ0) is 23.9. The van der Waals surface area contributed by atoms with E-state index in [1.807, 2.05) is 0 Å². The molecule has 0 saturated carbocycles. The highest BCUT2D eigenvalue weighted by atomic mass is 19.4. The first-order valence-corrected chi connectivity index (χ1v) is 8.77. The van der Waals surface area contributed by atoms with Crippen molar-refractivity contribution < 1.29 is 39.5 Å². The van der Waals surface area contributed by atoms with Gasteiger partial charge in [0.1, 0.15) is 29.0 Å². The Hall–Kier alpha value is -3.09. The average molecular weight is 473 g/mol. The van der Waals surface area contributed by atoms with Crippen molar-refractivity contribution in [3.05, 3.63) is 34.5 Å². The summed E-state index contributed by atoms with van der Waals surface area (Å²) in [4.78, 5) is 4.68. The fourth-order valence-corrected chi connectivity index (χ4v) is 3.10. The molecule has 0 unspecified atom stereocenters. The molecule has 32 heavy (non-hydrogen) atoms.